The van der Waals surface area contributed by atoms with Crippen LogP contribution in [0.25, 0.3) is 0 Å². The second-order valence-corrected chi connectivity index (χ2v) is 5.35. The molecule has 0 saturated heterocycles. The van der Waals surface area contributed by atoms with Gasteiger partial charge < -0.3 is 10.4 Å². The van der Waals surface area contributed by atoms with Crippen LogP contribution in [-0.2, 0) is 0 Å². The van der Waals surface area contributed by atoms with Crippen molar-refractivity contribution in [1.82, 2.24) is 0 Å². The van der Waals surface area contributed by atoms with Gasteiger partial charge in [-0.2, -0.15) is 0 Å². The Balaban J connectivity index is 1.97. The third kappa shape index (κ3) is 4.02. The highest BCUT2D eigenvalue weighted by Crippen LogP contribution is 2.19. The predicted molar refractivity (Wildman–Crippen MR) is 80.3 cm³/mol. The molecule has 2 aromatic carbocycles. The number of hydrogen-bond acceptors (Lipinski definition) is 2. The van der Waals surface area contributed by atoms with Crippen LogP contribution < -0.4 is 5.32 Å². The van der Waals surface area contributed by atoms with Gasteiger partial charge in [-0.25, -0.2) is 8.78 Å². The van der Waals surface area contributed by atoms with Crippen molar-refractivity contribution in [2.45, 2.75) is 25.9 Å². The number of benzene rings is 2. The topological polar surface area (TPSA) is 32.3 Å². The average Bonchev–Trinajstić information content (AvgIpc) is 2.48. The Hall–Kier alpha value is -1.94. The van der Waals surface area contributed by atoms with E-state index in [0.717, 1.165) is 17.8 Å². The summed E-state index contributed by atoms with van der Waals surface area (Å²) in [5.41, 5.74) is 2.46. The second kappa shape index (κ2) is 6.68. The first-order valence-electron chi connectivity index (χ1n) is 6.94. The molecule has 0 bridgehead atoms. The number of hydrogen-bond donors (Lipinski definition) is 2. The van der Waals surface area contributed by atoms with Crippen molar-refractivity contribution in [2.24, 2.45) is 0 Å². The van der Waals surface area contributed by atoms with Crippen molar-refractivity contribution < 1.29 is 13.9 Å². The lowest BCUT2D eigenvalue weighted by Gasteiger charge is -2.14. The van der Waals surface area contributed by atoms with Crippen molar-refractivity contribution in [2.75, 3.05) is 11.9 Å². The minimum Gasteiger partial charge on any atom is -0.387 e. The van der Waals surface area contributed by atoms with Gasteiger partial charge in [-0.1, -0.05) is 32.0 Å². The molecule has 0 heterocycles. The molecule has 1 unspecified atom stereocenters. The monoisotopic (exact) mass is 291 g/mol. The van der Waals surface area contributed by atoms with E-state index in [1.165, 1.54) is 11.6 Å². The molecule has 1 atom stereocenters. The van der Waals surface area contributed by atoms with E-state index < -0.39 is 17.7 Å². The highest BCUT2D eigenvalue weighted by atomic mass is 19.2. The van der Waals surface area contributed by atoms with Crippen molar-refractivity contribution in [3.63, 3.8) is 0 Å². The Morgan fingerprint density at radius 2 is 1.57 bits per heavy atom. The van der Waals surface area contributed by atoms with Crippen molar-refractivity contribution in [3.05, 3.63) is 65.2 Å². The van der Waals surface area contributed by atoms with E-state index in [4.69, 9.17) is 0 Å². The van der Waals surface area contributed by atoms with Gasteiger partial charge in [0.2, 0.25) is 0 Å². The zero-order chi connectivity index (χ0) is 15.4. The average molecular weight is 291 g/mol. The van der Waals surface area contributed by atoms with Gasteiger partial charge in [0, 0.05) is 12.2 Å². The Bertz CT molecular complexity index is 596. The number of aliphatic hydroxyl groups is 1. The van der Waals surface area contributed by atoms with Crippen LogP contribution in [0.3, 0.4) is 0 Å². The van der Waals surface area contributed by atoms with E-state index in [9.17, 15) is 13.9 Å². The molecule has 4 heteroatoms. The summed E-state index contributed by atoms with van der Waals surface area (Å²) in [4.78, 5) is 0. The summed E-state index contributed by atoms with van der Waals surface area (Å²) >= 11 is 0. The van der Waals surface area contributed by atoms with Crippen molar-refractivity contribution >= 4 is 5.69 Å². The maximum Gasteiger partial charge on any atom is 0.159 e. The summed E-state index contributed by atoms with van der Waals surface area (Å²) in [6, 6.07) is 11.3. The van der Waals surface area contributed by atoms with Gasteiger partial charge in [0.25, 0.3) is 0 Å². The largest absolute Gasteiger partial charge is 0.387 e. The lowest BCUT2D eigenvalue weighted by Crippen LogP contribution is -2.12. The summed E-state index contributed by atoms with van der Waals surface area (Å²) < 4.78 is 26.0. The van der Waals surface area contributed by atoms with Gasteiger partial charge in [-0.15, -0.1) is 0 Å². The smallest absolute Gasteiger partial charge is 0.159 e. The molecule has 0 radical (unpaired) electrons. The third-order valence-electron chi connectivity index (χ3n) is 3.41. The summed E-state index contributed by atoms with van der Waals surface area (Å²) in [5, 5.41) is 13.1. The van der Waals surface area contributed by atoms with Crippen LogP contribution in [0.2, 0.25) is 0 Å². The van der Waals surface area contributed by atoms with Crippen LogP contribution in [0.5, 0.6) is 0 Å². The first-order valence-corrected chi connectivity index (χ1v) is 6.94. The number of halogens is 2. The normalized spacial score (nSPS) is 12.5. The molecule has 0 fully saturated rings. The fraction of sp³-hybridized carbons (Fsp3) is 0.294. The Morgan fingerprint density at radius 1 is 0.952 bits per heavy atom. The van der Waals surface area contributed by atoms with E-state index in [-0.39, 0.29) is 6.54 Å². The van der Waals surface area contributed by atoms with Gasteiger partial charge in [0.15, 0.2) is 11.6 Å². The molecule has 0 saturated carbocycles. The van der Waals surface area contributed by atoms with E-state index >= 15 is 0 Å². The van der Waals surface area contributed by atoms with Gasteiger partial charge in [0.05, 0.1) is 6.10 Å². The predicted octanol–water partition coefficient (Wildman–Crippen LogP) is 4.23. The zero-order valence-corrected chi connectivity index (χ0v) is 12.1. The molecular formula is C17H19F2NO. The maximum absolute atomic E-state index is 13.1. The lowest BCUT2D eigenvalue weighted by molar-refractivity contribution is 0.191. The van der Waals surface area contributed by atoms with Gasteiger partial charge in [0.1, 0.15) is 0 Å². The van der Waals surface area contributed by atoms with E-state index in [2.05, 4.69) is 19.2 Å². The zero-order valence-electron chi connectivity index (χ0n) is 12.1. The van der Waals surface area contributed by atoms with E-state index in [1.807, 2.05) is 24.3 Å². The molecule has 0 aliphatic heterocycles. The van der Waals surface area contributed by atoms with Crippen LogP contribution in [-0.4, -0.2) is 11.7 Å². The second-order valence-electron chi connectivity index (χ2n) is 5.35. The molecule has 2 rings (SSSR count). The molecule has 112 valence electrons. The minimum absolute atomic E-state index is 0.228. The number of rotatable bonds is 5. The standard InChI is InChI=1S/C17H19F2NO/c1-11(2)12-3-6-14(7-4-12)20-10-17(21)13-5-8-15(18)16(19)9-13/h3-9,11,17,20-21H,10H2,1-2H3. The fourth-order valence-electron chi connectivity index (χ4n) is 2.04. The van der Waals surface area contributed by atoms with Crippen LogP contribution in [0.4, 0.5) is 14.5 Å². The van der Waals surface area contributed by atoms with Crippen molar-refractivity contribution in [3.8, 4) is 0 Å². The molecule has 21 heavy (non-hydrogen) atoms. The van der Waals surface area contributed by atoms with Gasteiger partial charge >= 0.3 is 0 Å². The number of anilines is 1. The highest BCUT2D eigenvalue weighted by Gasteiger charge is 2.10. The SMILES string of the molecule is CC(C)c1ccc(NCC(O)c2ccc(F)c(F)c2)cc1. The molecule has 0 aliphatic rings. The third-order valence-corrected chi connectivity index (χ3v) is 3.41. The van der Waals surface area contributed by atoms with Crippen LogP contribution >= 0.6 is 0 Å². The molecule has 2 N–H and O–H groups in total. The van der Waals surface area contributed by atoms with E-state index in [0.29, 0.717) is 11.5 Å². The van der Waals surface area contributed by atoms with Gasteiger partial charge in [-0.05, 0) is 41.3 Å². The van der Waals surface area contributed by atoms with Crippen LogP contribution in [0.1, 0.15) is 37.0 Å². The minimum atomic E-state index is -0.951. The summed E-state index contributed by atoms with van der Waals surface area (Å²) in [7, 11) is 0. The summed E-state index contributed by atoms with van der Waals surface area (Å²) in [6.07, 6.45) is -0.898. The molecule has 0 amide bonds. The Kier molecular flexibility index (Phi) is 4.91. The molecular weight excluding hydrogens is 272 g/mol. The van der Waals surface area contributed by atoms with Gasteiger partial charge in [-0.3, -0.25) is 0 Å². The maximum atomic E-state index is 13.1. The molecule has 0 spiro atoms. The lowest BCUT2D eigenvalue weighted by atomic mass is 10.0. The Morgan fingerprint density at radius 3 is 2.14 bits per heavy atom. The Labute approximate surface area is 123 Å². The molecule has 0 aliphatic carbocycles. The summed E-state index contributed by atoms with van der Waals surface area (Å²) in [5.74, 6) is -1.40. The number of aliphatic hydroxyl groups excluding tert-OH is 1. The fourth-order valence-corrected chi connectivity index (χ4v) is 2.04. The first-order chi connectivity index (χ1) is 9.97. The highest BCUT2D eigenvalue weighted by molar-refractivity contribution is 5.45. The summed E-state index contributed by atoms with van der Waals surface area (Å²) in [6.45, 7) is 4.47. The quantitative estimate of drug-likeness (QED) is 0.864. The van der Waals surface area contributed by atoms with Crippen LogP contribution in [0, 0.1) is 11.6 Å². The van der Waals surface area contributed by atoms with Crippen LogP contribution in [0.15, 0.2) is 42.5 Å². The number of nitrogens with one attached hydrogen (secondary N) is 1. The molecule has 2 nitrogen and oxygen atoms in total. The van der Waals surface area contributed by atoms with Crippen molar-refractivity contribution in [1.29, 1.82) is 0 Å². The first kappa shape index (κ1) is 15.4. The molecule has 0 aromatic heterocycles. The molecule has 2 aromatic rings. The van der Waals surface area contributed by atoms with E-state index in [1.54, 1.807) is 0 Å².